The number of aryl methyl sites for hydroxylation is 1. The average Bonchev–Trinajstić information content (AvgIpc) is 3.72. The predicted octanol–water partition coefficient (Wildman–Crippen LogP) is 13.6. The third kappa shape index (κ3) is 8.40. The minimum absolute atomic E-state index is 0. The first-order chi connectivity index (χ1) is 23.7. The van der Waals surface area contributed by atoms with Crippen molar-refractivity contribution < 1.29 is 34.4 Å². The number of pyridine rings is 1. The number of carbonyl (C=O) groups excluding carboxylic acids is 1. The number of aliphatic hydroxyl groups excluding tert-OH is 1. The van der Waals surface area contributed by atoms with Gasteiger partial charge < -0.3 is 9.52 Å². The van der Waals surface area contributed by atoms with Crippen LogP contribution in [-0.4, -0.2) is 15.9 Å². The molecular formula is C45H52IrNO3S-. The molecule has 0 saturated carbocycles. The van der Waals surface area contributed by atoms with Crippen molar-refractivity contribution >= 4 is 48.9 Å². The van der Waals surface area contributed by atoms with Crippen LogP contribution >= 0.6 is 11.3 Å². The number of carbonyl (C=O) groups is 1. The Balaban J connectivity index is 0.000000279. The zero-order valence-corrected chi connectivity index (χ0v) is 35.0. The molecule has 6 heteroatoms. The third-order valence-corrected chi connectivity index (χ3v) is 11.8. The molecule has 0 fully saturated rings. The Morgan fingerprint density at radius 2 is 1.53 bits per heavy atom. The molecule has 0 bridgehead atoms. The van der Waals surface area contributed by atoms with Gasteiger partial charge in [0, 0.05) is 69.4 Å². The van der Waals surface area contributed by atoms with Gasteiger partial charge in [0.05, 0.1) is 0 Å². The molecule has 6 rings (SSSR count). The molecule has 51 heavy (non-hydrogen) atoms. The van der Waals surface area contributed by atoms with E-state index in [4.69, 9.17) is 9.40 Å². The van der Waals surface area contributed by atoms with Gasteiger partial charge in [0.1, 0.15) is 17.1 Å². The average molecular weight is 879 g/mol. The van der Waals surface area contributed by atoms with Gasteiger partial charge in [0.2, 0.25) is 0 Å². The SMILES string of the molecule is CCC(C)(CC)C(=O)/C=C(\O)C(C)(CC)CC.Cc1cc2ccc(-c3cc4c(-c5[c-]c6ccccc6c(C(C)(C)C)c5)nccc4o3)cc2s1.[Ir]. The molecule has 3 heterocycles. The van der Waals surface area contributed by atoms with Gasteiger partial charge in [-0.2, -0.15) is 0 Å². The van der Waals surface area contributed by atoms with Gasteiger partial charge in [-0.25, -0.2) is 0 Å². The smallest absolute Gasteiger partial charge is 0.164 e. The van der Waals surface area contributed by atoms with Gasteiger partial charge in [-0.15, -0.1) is 40.5 Å². The van der Waals surface area contributed by atoms with Crippen molar-refractivity contribution in [2.45, 2.75) is 100 Å². The predicted molar refractivity (Wildman–Crippen MR) is 213 cm³/mol. The van der Waals surface area contributed by atoms with Crippen LogP contribution in [0.2, 0.25) is 0 Å². The first-order valence-corrected chi connectivity index (χ1v) is 18.8. The Kier molecular flexibility index (Phi) is 12.6. The van der Waals surface area contributed by atoms with E-state index >= 15 is 0 Å². The number of benzene rings is 3. The van der Waals surface area contributed by atoms with Crippen LogP contribution in [0.4, 0.5) is 0 Å². The second-order valence-corrected chi connectivity index (χ2v) is 16.4. The van der Waals surface area contributed by atoms with E-state index in [0.717, 1.165) is 64.6 Å². The summed E-state index contributed by atoms with van der Waals surface area (Å²) in [4.78, 5) is 18.3. The second kappa shape index (κ2) is 16.0. The summed E-state index contributed by atoms with van der Waals surface area (Å²) in [6.07, 6.45) is 6.58. The fourth-order valence-corrected chi connectivity index (χ4v) is 7.26. The number of ketones is 1. The summed E-state index contributed by atoms with van der Waals surface area (Å²) in [7, 11) is 0. The van der Waals surface area contributed by atoms with E-state index < -0.39 is 0 Å². The Bertz CT molecular complexity index is 2170. The van der Waals surface area contributed by atoms with Crippen LogP contribution in [0.5, 0.6) is 0 Å². The normalized spacial score (nSPS) is 12.5. The molecule has 0 aliphatic rings. The molecule has 0 unspecified atom stereocenters. The number of aliphatic hydroxyl groups is 1. The number of hydrogen-bond acceptors (Lipinski definition) is 5. The van der Waals surface area contributed by atoms with Crippen LogP contribution in [0, 0.1) is 23.8 Å². The first-order valence-electron chi connectivity index (χ1n) is 18.0. The molecular weight excluding hydrogens is 827 g/mol. The molecule has 0 spiro atoms. The number of nitrogens with zero attached hydrogens (tertiary/aromatic N) is 1. The van der Waals surface area contributed by atoms with Crippen LogP contribution in [0.1, 0.15) is 98.4 Å². The topological polar surface area (TPSA) is 63.3 Å². The van der Waals surface area contributed by atoms with Crippen LogP contribution in [0.25, 0.3) is 54.4 Å². The number of hydrogen-bond donors (Lipinski definition) is 1. The van der Waals surface area contributed by atoms with Crippen LogP contribution < -0.4 is 0 Å². The summed E-state index contributed by atoms with van der Waals surface area (Å²) in [5, 5.41) is 14.8. The Morgan fingerprint density at radius 1 is 0.863 bits per heavy atom. The molecule has 0 atom stereocenters. The van der Waals surface area contributed by atoms with E-state index in [1.165, 1.54) is 32.0 Å². The van der Waals surface area contributed by atoms with E-state index in [0.29, 0.717) is 0 Å². The summed E-state index contributed by atoms with van der Waals surface area (Å²) in [5.74, 6) is 1.15. The van der Waals surface area contributed by atoms with Gasteiger partial charge >= 0.3 is 0 Å². The fraction of sp³-hybridized carbons (Fsp3) is 0.378. The standard InChI is InChI=1S/C30H24NOS.C15H28O2.Ir/c1-18-13-21-10-9-20(16-28(21)33-18)27-17-24-26(32-27)11-12-31-29(24)22-14-19-7-5-6-8-23(19)25(15-22)30(2,3)4;1-7-14(5,8-2)12(16)11-13(17)15(6,9-3)10-4;/h5-13,15-17H,1-4H3;11,16H,7-10H2,1-6H3;/q-1;;/b;12-11-;. The summed E-state index contributed by atoms with van der Waals surface area (Å²) >= 11 is 1.81. The number of aromatic nitrogens is 1. The van der Waals surface area contributed by atoms with E-state index in [1.54, 1.807) is 0 Å². The van der Waals surface area contributed by atoms with Gasteiger partial charge in [0.15, 0.2) is 5.78 Å². The zero-order chi connectivity index (χ0) is 36.4. The van der Waals surface area contributed by atoms with Gasteiger partial charge in [-0.3, -0.25) is 9.78 Å². The van der Waals surface area contributed by atoms with E-state index in [2.05, 4.69) is 94.4 Å². The largest absolute Gasteiger partial charge is 0.512 e. The van der Waals surface area contributed by atoms with Crippen LogP contribution in [0.15, 0.2) is 89.2 Å². The van der Waals surface area contributed by atoms with Crippen molar-refractivity contribution in [1.82, 2.24) is 4.98 Å². The minimum Gasteiger partial charge on any atom is -0.512 e. The minimum atomic E-state index is -0.337. The maximum absolute atomic E-state index is 12.2. The second-order valence-electron chi connectivity index (χ2n) is 15.1. The maximum Gasteiger partial charge on any atom is 0.164 e. The quantitative estimate of drug-likeness (QED) is 0.0893. The summed E-state index contributed by atoms with van der Waals surface area (Å²) in [6, 6.07) is 27.2. The summed E-state index contributed by atoms with van der Waals surface area (Å²) in [6.45, 7) is 21.0. The number of fused-ring (bicyclic) bond motifs is 3. The fourth-order valence-electron chi connectivity index (χ4n) is 6.30. The molecule has 0 amide bonds. The molecule has 4 nitrogen and oxygen atoms in total. The Hall–Kier alpha value is -3.57. The number of thiophene rings is 1. The van der Waals surface area contributed by atoms with Gasteiger partial charge in [0.25, 0.3) is 0 Å². The molecule has 6 aromatic rings. The van der Waals surface area contributed by atoms with Crippen molar-refractivity contribution in [3.05, 3.63) is 101 Å². The summed E-state index contributed by atoms with van der Waals surface area (Å²) in [5.41, 5.74) is 4.54. The van der Waals surface area contributed by atoms with Gasteiger partial charge in [-0.1, -0.05) is 104 Å². The molecule has 271 valence electrons. The van der Waals surface area contributed by atoms with E-state index in [9.17, 15) is 9.90 Å². The monoisotopic (exact) mass is 879 g/mol. The molecule has 0 saturated heterocycles. The summed E-state index contributed by atoms with van der Waals surface area (Å²) < 4.78 is 7.59. The van der Waals surface area contributed by atoms with E-state index in [1.807, 2.05) is 65.1 Å². The Labute approximate surface area is 321 Å². The molecule has 3 aromatic heterocycles. The molecule has 1 N–H and O–H groups in total. The zero-order valence-electron chi connectivity index (χ0n) is 31.8. The number of furan rings is 1. The van der Waals surface area contributed by atoms with Crippen molar-refractivity contribution in [2.75, 3.05) is 0 Å². The molecule has 0 aliphatic heterocycles. The van der Waals surface area contributed by atoms with Crippen molar-refractivity contribution in [3.8, 4) is 22.6 Å². The van der Waals surface area contributed by atoms with E-state index in [-0.39, 0.29) is 47.9 Å². The van der Waals surface area contributed by atoms with Crippen LogP contribution in [-0.2, 0) is 30.3 Å². The third-order valence-electron chi connectivity index (χ3n) is 10.8. The molecule has 3 aromatic carbocycles. The van der Waals surface area contributed by atoms with Crippen LogP contribution in [0.3, 0.4) is 0 Å². The molecule has 0 aliphatic carbocycles. The van der Waals surface area contributed by atoms with Crippen molar-refractivity contribution in [1.29, 1.82) is 0 Å². The Morgan fingerprint density at radius 3 is 2.18 bits per heavy atom. The number of allylic oxidation sites excluding steroid dienone is 2. The van der Waals surface area contributed by atoms with Gasteiger partial charge in [-0.05, 0) is 67.7 Å². The molecule has 1 radical (unpaired) electrons. The van der Waals surface area contributed by atoms with Crippen molar-refractivity contribution in [3.63, 3.8) is 0 Å². The maximum atomic E-state index is 12.2. The first kappa shape index (κ1) is 40.2. The number of rotatable bonds is 9. The van der Waals surface area contributed by atoms with Crippen molar-refractivity contribution in [2.24, 2.45) is 10.8 Å².